The molecule has 0 unspecified atom stereocenters. The largest absolute Gasteiger partial charge is 0.305 e. The zero-order chi connectivity index (χ0) is 16.1. The number of hydrogen-bond acceptors (Lipinski definition) is 3. The SMILES string of the molecule is Cc1cccc(-c2nnc(SCC=Cc3ccccc3)n2C)c1. The standard InChI is InChI=1S/C19H19N3S/c1-15-8-6-12-17(14-15)18-20-21-19(22(18)2)23-13-7-11-16-9-4-3-5-10-16/h3-12,14H,13H2,1-2H3. The Morgan fingerprint density at radius 1 is 1.04 bits per heavy atom. The molecule has 3 nitrogen and oxygen atoms in total. The van der Waals surface area contributed by atoms with Gasteiger partial charge in [-0.1, -0.05) is 78.0 Å². The average Bonchev–Trinajstić information content (AvgIpc) is 2.93. The zero-order valence-electron chi connectivity index (χ0n) is 13.3. The minimum atomic E-state index is 0.870. The summed E-state index contributed by atoms with van der Waals surface area (Å²) in [6.07, 6.45) is 4.28. The molecule has 0 amide bonds. The van der Waals surface area contributed by atoms with Crippen molar-refractivity contribution in [2.75, 3.05) is 5.75 Å². The predicted octanol–water partition coefficient (Wildman–Crippen LogP) is 4.60. The molecule has 0 fully saturated rings. The second kappa shape index (κ2) is 7.29. The predicted molar refractivity (Wildman–Crippen MR) is 97.4 cm³/mol. The van der Waals surface area contributed by atoms with Crippen LogP contribution in [-0.2, 0) is 7.05 Å². The van der Waals surface area contributed by atoms with Crippen LogP contribution in [0.25, 0.3) is 17.5 Å². The van der Waals surface area contributed by atoms with E-state index >= 15 is 0 Å². The Kier molecular flexibility index (Phi) is 4.93. The Morgan fingerprint density at radius 2 is 1.87 bits per heavy atom. The van der Waals surface area contributed by atoms with Crippen molar-refractivity contribution in [3.63, 3.8) is 0 Å². The Balaban J connectivity index is 1.67. The Bertz CT molecular complexity index is 806. The number of thioether (sulfide) groups is 1. The summed E-state index contributed by atoms with van der Waals surface area (Å²) in [7, 11) is 2.01. The van der Waals surface area contributed by atoms with Gasteiger partial charge in [-0.05, 0) is 18.6 Å². The van der Waals surface area contributed by atoms with Gasteiger partial charge in [0.15, 0.2) is 11.0 Å². The van der Waals surface area contributed by atoms with E-state index in [1.807, 2.05) is 25.2 Å². The number of hydrogen-bond donors (Lipinski definition) is 0. The normalized spacial score (nSPS) is 11.2. The molecule has 0 bridgehead atoms. The van der Waals surface area contributed by atoms with Crippen molar-refractivity contribution >= 4 is 17.8 Å². The molecule has 0 radical (unpaired) electrons. The maximum atomic E-state index is 4.33. The van der Waals surface area contributed by atoms with Crippen molar-refractivity contribution in [2.45, 2.75) is 12.1 Å². The minimum absolute atomic E-state index is 0.870. The number of aromatic nitrogens is 3. The molecule has 1 heterocycles. The highest BCUT2D eigenvalue weighted by molar-refractivity contribution is 7.99. The fourth-order valence-electron chi connectivity index (χ4n) is 2.35. The van der Waals surface area contributed by atoms with Crippen molar-refractivity contribution in [1.29, 1.82) is 0 Å². The van der Waals surface area contributed by atoms with Gasteiger partial charge in [0.1, 0.15) is 0 Å². The molecule has 0 atom stereocenters. The van der Waals surface area contributed by atoms with E-state index < -0.39 is 0 Å². The Morgan fingerprint density at radius 3 is 2.65 bits per heavy atom. The van der Waals surface area contributed by atoms with E-state index in [1.165, 1.54) is 11.1 Å². The van der Waals surface area contributed by atoms with E-state index in [0.717, 1.165) is 22.3 Å². The lowest BCUT2D eigenvalue weighted by atomic mass is 10.1. The van der Waals surface area contributed by atoms with Gasteiger partial charge in [0.05, 0.1) is 0 Å². The molecule has 23 heavy (non-hydrogen) atoms. The molecule has 3 rings (SSSR count). The highest BCUT2D eigenvalue weighted by Gasteiger charge is 2.10. The number of rotatable bonds is 5. The molecule has 1 aromatic heterocycles. The second-order valence-corrected chi connectivity index (χ2v) is 6.35. The molecule has 0 spiro atoms. The van der Waals surface area contributed by atoms with Gasteiger partial charge in [-0.15, -0.1) is 10.2 Å². The van der Waals surface area contributed by atoms with Crippen molar-refractivity contribution in [1.82, 2.24) is 14.8 Å². The van der Waals surface area contributed by atoms with E-state index in [9.17, 15) is 0 Å². The second-order valence-electron chi connectivity index (χ2n) is 5.36. The Labute approximate surface area is 141 Å². The number of benzene rings is 2. The smallest absolute Gasteiger partial charge is 0.191 e. The average molecular weight is 321 g/mol. The first kappa shape index (κ1) is 15.6. The first-order chi connectivity index (χ1) is 11.2. The lowest BCUT2D eigenvalue weighted by molar-refractivity contribution is 0.795. The third-order valence-electron chi connectivity index (χ3n) is 3.53. The molecule has 0 saturated carbocycles. The van der Waals surface area contributed by atoms with E-state index in [1.54, 1.807) is 11.8 Å². The summed E-state index contributed by atoms with van der Waals surface area (Å²) in [6, 6.07) is 18.7. The molecule has 3 aromatic rings. The Hall–Kier alpha value is -2.33. The van der Waals surface area contributed by atoms with Crippen LogP contribution in [0.15, 0.2) is 65.8 Å². The summed E-state index contributed by atoms with van der Waals surface area (Å²) in [5.41, 5.74) is 3.55. The molecular formula is C19H19N3S. The van der Waals surface area contributed by atoms with Gasteiger partial charge in [0.25, 0.3) is 0 Å². The zero-order valence-corrected chi connectivity index (χ0v) is 14.1. The van der Waals surface area contributed by atoms with Gasteiger partial charge in [-0.3, -0.25) is 0 Å². The summed E-state index contributed by atoms with van der Waals surface area (Å²) in [5, 5.41) is 9.57. The van der Waals surface area contributed by atoms with Crippen LogP contribution < -0.4 is 0 Å². The molecule has 2 aromatic carbocycles. The summed E-state index contributed by atoms with van der Waals surface area (Å²) >= 11 is 1.69. The van der Waals surface area contributed by atoms with E-state index in [2.05, 4.69) is 70.2 Å². The van der Waals surface area contributed by atoms with Crippen molar-refractivity contribution in [2.24, 2.45) is 7.05 Å². The van der Waals surface area contributed by atoms with Gasteiger partial charge in [0.2, 0.25) is 0 Å². The van der Waals surface area contributed by atoms with E-state index in [4.69, 9.17) is 0 Å². The van der Waals surface area contributed by atoms with Gasteiger partial charge in [-0.25, -0.2) is 0 Å². The van der Waals surface area contributed by atoms with Crippen LogP contribution in [-0.4, -0.2) is 20.5 Å². The van der Waals surface area contributed by atoms with Crippen LogP contribution in [0.5, 0.6) is 0 Å². The molecule has 4 heteroatoms. The highest BCUT2D eigenvalue weighted by atomic mass is 32.2. The lowest BCUT2D eigenvalue weighted by Crippen LogP contribution is -1.95. The molecule has 0 aliphatic carbocycles. The third-order valence-corrected chi connectivity index (χ3v) is 4.50. The maximum absolute atomic E-state index is 4.33. The molecule has 0 aliphatic rings. The van der Waals surface area contributed by atoms with E-state index in [0.29, 0.717) is 0 Å². The van der Waals surface area contributed by atoms with Crippen LogP contribution in [0, 0.1) is 6.92 Å². The van der Waals surface area contributed by atoms with Gasteiger partial charge >= 0.3 is 0 Å². The number of nitrogens with zero attached hydrogens (tertiary/aromatic N) is 3. The van der Waals surface area contributed by atoms with Crippen LogP contribution in [0.4, 0.5) is 0 Å². The maximum Gasteiger partial charge on any atom is 0.191 e. The third kappa shape index (κ3) is 3.90. The van der Waals surface area contributed by atoms with Crippen LogP contribution in [0.3, 0.4) is 0 Å². The molecule has 0 saturated heterocycles. The van der Waals surface area contributed by atoms with Crippen molar-refractivity contribution in [3.8, 4) is 11.4 Å². The summed E-state index contributed by atoms with van der Waals surface area (Å²) in [4.78, 5) is 0. The quantitative estimate of drug-likeness (QED) is 0.644. The van der Waals surface area contributed by atoms with Crippen molar-refractivity contribution < 1.29 is 0 Å². The van der Waals surface area contributed by atoms with Crippen LogP contribution in [0.1, 0.15) is 11.1 Å². The molecule has 0 N–H and O–H groups in total. The fourth-order valence-corrected chi connectivity index (χ4v) is 3.07. The molecule has 116 valence electrons. The molecule has 0 aliphatic heterocycles. The van der Waals surface area contributed by atoms with Gasteiger partial charge in [-0.2, -0.15) is 0 Å². The van der Waals surface area contributed by atoms with Gasteiger partial charge < -0.3 is 4.57 Å². The summed E-state index contributed by atoms with van der Waals surface area (Å²) in [5.74, 6) is 1.78. The van der Waals surface area contributed by atoms with Gasteiger partial charge in [0, 0.05) is 18.4 Å². The number of aryl methyl sites for hydroxylation is 1. The summed E-state index contributed by atoms with van der Waals surface area (Å²) in [6.45, 7) is 2.09. The van der Waals surface area contributed by atoms with Crippen molar-refractivity contribution in [3.05, 3.63) is 71.8 Å². The van der Waals surface area contributed by atoms with E-state index in [-0.39, 0.29) is 0 Å². The first-order valence-corrected chi connectivity index (χ1v) is 8.53. The summed E-state index contributed by atoms with van der Waals surface area (Å²) < 4.78 is 2.05. The van der Waals surface area contributed by atoms with Crippen LogP contribution in [0.2, 0.25) is 0 Å². The molecular weight excluding hydrogens is 302 g/mol. The topological polar surface area (TPSA) is 30.7 Å². The van der Waals surface area contributed by atoms with Crippen LogP contribution >= 0.6 is 11.8 Å². The lowest BCUT2D eigenvalue weighted by Gasteiger charge is -2.03. The monoisotopic (exact) mass is 321 g/mol. The first-order valence-electron chi connectivity index (χ1n) is 7.55. The highest BCUT2D eigenvalue weighted by Crippen LogP contribution is 2.23. The fraction of sp³-hybridized carbons (Fsp3) is 0.158. The minimum Gasteiger partial charge on any atom is -0.305 e.